The van der Waals surface area contributed by atoms with Crippen molar-refractivity contribution in [2.24, 2.45) is 0 Å². The van der Waals surface area contributed by atoms with Crippen LogP contribution in [0.3, 0.4) is 0 Å². The van der Waals surface area contributed by atoms with Crippen molar-refractivity contribution < 1.29 is 28.6 Å². The van der Waals surface area contributed by atoms with E-state index in [1.165, 1.54) is 25.3 Å². The maximum atomic E-state index is 13.2. The van der Waals surface area contributed by atoms with Crippen molar-refractivity contribution in [1.82, 2.24) is 14.8 Å². The molecule has 2 aliphatic rings. The van der Waals surface area contributed by atoms with Gasteiger partial charge in [0, 0.05) is 68.9 Å². The summed E-state index contributed by atoms with van der Waals surface area (Å²) >= 11 is 18.5. The van der Waals surface area contributed by atoms with Crippen LogP contribution in [0.5, 0.6) is 17.2 Å². The van der Waals surface area contributed by atoms with Gasteiger partial charge in [-0.1, -0.05) is 23.2 Å². The number of methoxy groups -OCH3 is 2. The fourth-order valence-electron chi connectivity index (χ4n) is 6.64. The number of hydrogen-bond donors (Lipinski definition) is 2. The third-order valence-corrected chi connectivity index (χ3v) is 10.3. The molecule has 1 saturated heterocycles. The summed E-state index contributed by atoms with van der Waals surface area (Å²) in [6, 6.07) is 12.5. The largest absolute Gasteiger partial charge is 0.495 e. The number of piperazine rings is 1. The van der Waals surface area contributed by atoms with Crippen LogP contribution in [0.15, 0.2) is 42.6 Å². The quantitative estimate of drug-likeness (QED) is 0.0507. The summed E-state index contributed by atoms with van der Waals surface area (Å²) in [5.41, 5.74) is 7.07. The highest BCUT2D eigenvalue weighted by molar-refractivity contribution is 6.37. The number of anilines is 4. The van der Waals surface area contributed by atoms with Crippen LogP contribution < -0.4 is 29.9 Å². The molecular weight excluding hydrogens is 757 g/mol. The minimum atomic E-state index is -0.296. The number of nitriles is 1. The lowest BCUT2D eigenvalue weighted by molar-refractivity contribution is 0.0652. The maximum absolute atomic E-state index is 13.2. The van der Waals surface area contributed by atoms with E-state index in [1.54, 1.807) is 43.5 Å². The van der Waals surface area contributed by atoms with E-state index in [1.807, 2.05) is 0 Å². The van der Waals surface area contributed by atoms with Crippen molar-refractivity contribution in [2.45, 2.75) is 19.3 Å². The van der Waals surface area contributed by atoms with Gasteiger partial charge in [0.05, 0.1) is 82.9 Å². The molecular formula is C38H40Cl3N7O6. The molecule has 16 heteroatoms. The van der Waals surface area contributed by atoms with Gasteiger partial charge in [-0.15, -0.1) is 11.6 Å². The van der Waals surface area contributed by atoms with Crippen LogP contribution in [0, 0.1) is 11.3 Å². The third-order valence-electron chi connectivity index (χ3n) is 9.43. The number of unbranched alkanes of at least 4 members (excludes halogenated alkanes) is 1. The van der Waals surface area contributed by atoms with Gasteiger partial charge in [-0.3, -0.25) is 34.7 Å². The van der Waals surface area contributed by atoms with Crippen molar-refractivity contribution in [3.05, 3.63) is 69.3 Å². The van der Waals surface area contributed by atoms with Crippen LogP contribution in [0.4, 0.5) is 22.7 Å². The zero-order chi connectivity index (χ0) is 38.4. The van der Waals surface area contributed by atoms with Crippen LogP contribution in [0.25, 0.3) is 10.9 Å². The number of carbonyl (C=O) groups is 2. The fraction of sp³-hybridized carbons (Fsp3) is 0.368. The maximum Gasteiger partial charge on any atom is 0.261 e. The number of ether oxygens (including phenoxy) is 3. The lowest BCUT2D eigenvalue weighted by Gasteiger charge is -2.37. The number of aromatic nitrogens is 1. The molecule has 54 heavy (non-hydrogen) atoms. The molecule has 13 nitrogen and oxygen atoms in total. The predicted octanol–water partition coefficient (Wildman–Crippen LogP) is 7.35. The minimum absolute atomic E-state index is 0.278. The molecule has 2 amide bonds. The summed E-state index contributed by atoms with van der Waals surface area (Å²) in [4.78, 5) is 41.9. The van der Waals surface area contributed by atoms with Crippen molar-refractivity contribution in [2.75, 3.05) is 88.8 Å². The molecule has 3 aromatic carbocycles. The van der Waals surface area contributed by atoms with Crippen molar-refractivity contribution in [3.8, 4) is 23.3 Å². The number of nitrogens with one attached hydrogen (secondary N) is 2. The number of imide groups is 1. The Balaban J connectivity index is 1.08. The van der Waals surface area contributed by atoms with Gasteiger partial charge >= 0.3 is 0 Å². The molecule has 0 saturated carbocycles. The molecule has 1 fully saturated rings. The van der Waals surface area contributed by atoms with Gasteiger partial charge < -0.3 is 24.4 Å². The Kier molecular flexibility index (Phi) is 12.7. The summed E-state index contributed by atoms with van der Waals surface area (Å²) in [7, 11) is 4.59. The second-order valence-electron chi connectivity index (χ2n) is 12.7. The normalized spacial score (nSPS) is 14.3. The van der Waals surface area contributed by atoms with Gasteiger partial charge in [0.15, 0.2) is 11.5 Å². The first-order valence-electron chi connectivity index (χ1n) is 17.4. The topological polar surface area (TPSA) is 142 Å². The monoisotopic (exact) mass is 795 g/mol. The molecule has 0 aliphatic carbocycles. The summed E-state index contributed by atoms with van der Waals surface area (Å²) in [5.74, 6) is 1.36. The number of pyridine rings is 1. The van der Waals surface area contributed by atoms with Crippen LogP contribution in [-0.4, -0.2) is 99.7 Å². The molecule has 6 rings (SSSR count). The molecule has 0 unspecified atom stereocenters. The molecule has 2 aliphatic heterocycles. The number of nitrogens with zero attached hydrogens (tertiary/aromatic N) is 5. The number of hydrogen-bond acceptors (Lipinski definition) is 12. The highest BCUT2D eigenvalue weighted by Crippen LogP contribution is 2.41. The van der Waals surface area contributed by atoms with Crippen LogP contribution in [-0.2, 0) is 4.84 Å². The van der Waals surface area contributed by atoms with Crippen LogP contribution in [0.1, 0.15) is 45.5 Å². The van der Waals surface area contributed by atoms with E-state index < -0.39 is 0 Å². The van der Waals surface area contributed by atoms with Gasteiger partial charge in [-0.25, -0.2) is 0 Å². The molecule has 4 aromatic rings. The average Bonchev–Trinajstić information content (AvgIpc) is 3.41. The van der Waals surface area contributed by atoms with E-state index in [0.717, 1.165) is 51.3 Å². The molecule has 0 radical (unpaired) electrons. The zero-order valence-electron chi connectivity index (χ0n) is 30.1. The zero-order valence-corrected chi connectivity index (χ0v) is 32.4. The van der Waals surface area contributed by atoms with E-state index in [-0.39, 0.29) is 11.8 Å². The molecule has 2 N–H and O–H groups in total. The lowest BCUT2D eigenvalue weighted by Crippen LogP contribution is -2.47. The number of amides is 2. The van der Waals surface area contributed by atoms with Crippen molar-refractivity contribution in [3.63, 3.8) is 0 Å². The third kappa shape index (κ3) is 8.18. The number of fused-ring (bicyclic) bond motifs is 2. The van der Waals surface area contributed by atoms with Gasteiger partial charge in [-0.2, -0.15) is 5.26 Å². The second kappa shape index (κ2) is 17.6. The molecule has 3 heterocycles. The Bertz CT molecular complexity index is 2090. The smallest absolute Gasteiger partial charge is 0.261 e. The first-order chi connectivity index (χ1) is 26.2. The van der Waals surface area contributed by atoms with E-state index in [2.05, 4.69) is 31.6 Å². The SMILES string of the molecule is CONc1cc2c(cc1N1CCN(CCCOc3cc4ncc(C#N)c(Nc5cc(OC)c(Cl)cc5Cl)c4cc3OC)CC1)C(=O)N(CCCCCl)C2=O. The Labute approximate surface area is 328 Å². The lowest BCUT2D eigenvalue weighted by atomic mass is 10.1. The number of benzene rings is 3. The molecule has 0 atom stereocenters. The van der Waals surface area contributed by atoms with Crippen LogP contribution >= 0.6 is 34.8 Å². The first kappa shape index (κ1) is 39.0. The molecule has 284 valence electrons. The van der Waals surface area contributed by atoms with Gasteiger partial charge in [-0.05, 0) is 43.5 Å². The van der Waals surface area contributed by atoms with E-state index >= 15 is 0 Å². The highest BCUT2D eigenvalue weighted by Gasteiger charge is 2.37. The van der Waals surface area contributed by atoms with E-state index in [0.29, 0.717) is 97.4 Å². The van der Waals surface area contributed by atoms with Gasteiger partial charge in [0.1, 0.15) is 11.8 Å². The van der Waals surface area contributed by atoms with Crippen molar-refractivity contribution >= 4 is 80.3 Å². The minimum Gasteiger partial charge on any atom is -0.495 e. The Morgan fingerprint density at radius 1 is 0.833 bits per heavy atom. The number of halogens is 3. The fourth-order valence-corrected chi connectivity index (χ4v) is 7.33. The molecule has 0 bridgehead atoms. The first-order valence-corrected chi connectivity index (χ1v) is 18.7. The summed E-state index contributed by atoms with van der Waals surface area (Å²) in [5, 5.41) is 14.5. The Hall–Kier alpha value is -4.71. The van der Waals surface area contributed by atoms with Gasteiger partial charge in [0.25, 0.3) is 11.8 Å². The number of rotatable bonds is 16. The summed E-state index contributed by atoms with van der Waals surface area (Å²) in [6.45, 7) is 4.62. The highest BCUT2D eigenvalue weighted by atomic mass is 35.5. The number of carbonyl (C=O) groups excluding carboxylic acids is 2. The summed E-state index contributed by atoms with van der Waals surface area (Å²) in [6.07, 6.45) is 3.64. The van der Waals surface area contributed by atoms with Gasteiger partial charge in [0.2, 0.25) is 0 Å². The van der Waals surface area contributed by atoms with Crippen LogP contribution in [0.2, 0.25) is 10.0 Å². The second-order valence-corrected chi connectivity index (χ2v) is 13.9. The van der Waals surface area contributed by atoms with E-state index in [4.69, 9.17) is 53.9 Å². The predicted molar refractivity (Wildman–Crippen MR) is 210 cm³/mol. The molecule has 1 aromatic heterocycles. The Morgan fingerprint density at radius 2 is 1.57 bits per heavy atom. The van der Waals surface area contributed by atoms with E-state index in [9.17, 15) is 14.9 Å². The number of alkyl halides is 1. The summed E-state index contributed by atoms with van der Waals surface area (Å²) < 4.78 is 17.3. The average molecular weight is 797 g/mol. The standard InChI is InChI=1S/C38H40Cl3N7O6/c1-51-33-20-30(27(40)18-28(33)41)44-36-23(21-42)22-43-29-19-35(34(52-2)17-26(29)36)54-14-6-8-46-10-12-47(13-11-46)32-16-25-24(15-31(32)45-53-3)37(49)48(38(25)50)9-5-4-7-39/h15-20,22,45H,4-14H2,1-3H3,(H,43,44). The molecule has 0 spiro atoms. The van der Waals surface area contributed by atoms with Crippen molar-refractivity contribution in [1.29, 1.82) is 5.26 Å². The Morgan fingerprint density at radius 3 is 2.26 bits per heavy atom.